The minimum absolute atomic E-state index is 0.153. The third-order valence-corrected chi connectivity index (χ3v) is 3.08. The Kier molecular flexibility index (Phi) is 4.47. The number of nitrogens with one attached hydrogen (secondary N) is 1. The Labute approximate surface area is 113 Å². The number of likely N-dealkylation sites (N-methyl/N-ethyl adjacent to an activating group) is 1. The Bertz CT molecular complexity index is 525. The number of benzene rings is 1. The van der Waals surface area contributed by atoms with Gasteiger partial charge in [0.1, 0.15) is 5.75 Å². The topological polar surface area (TPSA) is 47.0 Å². The van der Waals surface area contributed by atoms with Gasteiger partial charge in [-0.15, -0.1) is 0 Å². The fraction of sp³-hybridized carbons (Fsp3) is 0.333. The smallest absolute Gasteiger partial charge is 0.119 e. The van der Waals surface area contributed by atoms with Crippen molar-refractivity contribution in [2.24, 2.45) is 0 Å². The Morgan fingerprint density at radius 2 is 2.11 bits per heavy atom. The quantitative estimate of drug-likeness (QED) is 0.892. The molecule has 0 aliphatic rings. The van der Waals surface area contributed by atoms with E-state index in [0.717, 1.165) is 23.6 Å². The van der Waals surface area contributed by atoms with Gasteiger partial charge < -0.3 is 10.1 Å². The van der Waals surface area contributed by atoms with Gasteiger partial charge in [-0.3, -0.25) is 9.97 Å². The van der Waals surface area contributed by atoms with Crippen LogP contribution in [0.3, 0.4) is 0 Å². The van der Waals surface area contributed by atoms with Crippen LogP contribution < -0.4 is 10.1 Å². The Morgan fingerprint density at radius 1 is 1.26 bits per heavy atom. The number of ether oxygens (including phenoxy) is 1. The summed E-state index contributed by atoms with van der Waals surface area (Å²) in [5.41, 5.74) is 3.09. The van der Waals surface area contributed by atoms with E-state index >= 15 is 0 Å². The van der Waals surface area contributed by atoms with Gasteiger partial charge in [0.15, 0.2) is 0 Å². The first-order valence-electron chi connectivity index (χ1n) is 6.31. The molecule has 0 aliphatic heterocycles. The molecule has 1 unspecified atom stereocenters. The molecule has 2 rings (SSSR count). The van der Waals surface area contributed by atoms with E-state index in [9.17, 15) is 0 Å². The predicted molar refractivity (Wildman–Crippen MR) is 75.3 cm³/mol. The molecule has 4 nitrogen and oxygen atoms in total. The second-order valence-electron chi connectivity index (χ2n) is 4.48. The maximum absolute atomic E-state index is 5.24. The lowest BCUT2D eigenvalue weighted by molar-refractivity contribution is 0.414. The van der Waals surface area contributed by atoms with Crippen molar-refractivity contribution < 1.29 is 4.74 Å². The molecule has 100 valence electrons. The summed E-state index contributed by atoms with van der Waals surface area (Å²) in [5.74, 6) is 0.877. The van der Waals surface area contributed by atoms with E-state index < -0.39 is 0 Å². The summed E-state index contributed by atoms with van der Waals surface area (Å²) in [6, 6.07) is 8.24. The fourth-order valence-corrected chi connectivity index (χ4v) is 1.97. The van der Waals surface area contributed by atoms with Gasteiger partial charge in [0.05, 0.1) is 30.7 Å². The normalized spacial score (nSPS) is 12.2. The standard InChI is InChI=1S/C15H19N3O/c1-11-9-18-15(10-17-11)14(16-2)8-12-5-4-6-13(7-12)19-3/h4-7,9-10,14,16H,8H2,1-3H3. The van der Waals surface area contributed by atoms with Crippen molar-refractivity contribution in [3.05, 3.63) is 53.6 Å². The SMILES string of the molecule is CNC(Cc1cccc(OC)c1)c1cnc(C)cn1. The summed E-state index contributed by atoms with van der Waals surface area (Å²) in [6.07, 6.45) is 4.48. The first-order valence-corrected chi connectivity index (χ1v) is 6.31. The summed E-state index contributed by atoms with van der Waals surface area (Å²) in [4.78, 5) is 8.73. The van der Waals surface area contributed by atoms with Crippen molar-refractivity contribution in [1.82, 2.24) is 15.3 Å². The number of nitrogens with zero attached hydrogens (tertiary/aromatic N) is 2. The van der Waals surface area contributed by atoms with Gasteiger partial charge in [0, 0.05) is 6.20 Å². The maximum Gasteiger partial charge on any atom is 0.119 e. The van der Waals surface area contributed by atoms with Gasteiger partial charge in [-0.1, -0.05) is 12.1 Å². The Morgan fingerprint density at radius 3 is 2.74 bits per heavy atom. The van der Waals surface area contributed by atoms with Crippen LogP contribution in [0.4, 0.5) is 0 Å². The van der Waals surface area contributed by atoms with Gasteiger partial charge in [-0.2, -0.15) is 0 Å². The highest BCUT2D eigenvalue weighted by atomic mass is 16.5. The highest BCUT2D eigenvalue weighted by Crippen LogP contribution is 2.19. The van der Waals surface area contributed by atoms with E-state index in [2.05, 4.69) is 21.4 Å². The number of aromatic nitrogens is 2. The number of hydrogen-bond acceptors (Lipinski definition) is 4. The summed E-state index contributed by atoms with van der Waals surface area (Å²) < 4.78 is 5.24. The van der Waals surface area contributed by atoms with Crippen LogP contribution in [0.2, 0.25) is 0 Å². The van der Waals surface area contributed by atoms with Gasteiger partial charge in [-0.25, -0.2) is 0 Å². The third-order valence-electron chi connectivity index (χ3n) is 3.08. The van der Waals surface area contributed by atoms with E-state index in [-0.39, 0.29) is 6.04 Å². The first-order chi connectivity index (χ1) is 9.22. The monoisotopic (exact) mass is 257 g/mol. The number of rotatable bonds is 5. The highest BCUT2D eigenvalue weighted by molar-refractivity contribution is 5.29. The molecule has 2 aromatic rings. The molecule has 1 aromatic carbocycles. The zero-order chi connectivity index (χ0) is 13.7. The minimum atomic E-state index is 0.153. The molecular formula is C15H19N3O. The average Bonchev–Trinajstić information content (AvgIpc) is 2.46. The highest BCUT2D eigenvalue weighted by Gasteiger charge is 2.12. The Balaban J connectivity index is 2.16. The predicted octanol–water partition coefficient (Wildman–Crippen LogP) is 2.30. The van der Waals surface area contributed by atoms with Gasteiger partial charge in [-0.05, 0) is 38.1 Å². The number of methoxy groups -OCH3 is 1. The van der Waals surface area contributed by atoms with Crippen LogP contribution in [0.15, 0.2) is 36.7 Å². The molecule has 0 saturated heterocycles. The van der Waals surface area contributed by atoms with Crippen molar-refractivity contribution >= 4 is 0 Å². The third kappa shape index (κ3) is 3.51. The molecule has 0 amide bonds. The molecule has 0 aliphatic carbocycles. The molecule has 4 heteroatoms. The molecule has 0 bridgehead atoms. The van der Waals surface area contributed by atoms with Crippen LogP contribution in [0.25, 0.3) is 0 Å². The maximum atomic E-state index is 5.24. The second-order valence-corrected chi connectivity index (χ2v) is 4.48. The largest absolute Gasteiger partial charge is 0.497 e. The number of aryl methyl sites for hydroxylation is 1. The van der Waals surface area contributed by atoms with Gasteiger partial charge in [0.25, 0.3) is 0 Å². The summed E-state index contributed by atoms with van der Waals surface area (Å²) >= 11 is 0. The van der Waals surface area contributed by atoms with Crippen LogP contribution in [0, 0.1) is 6.92 Å². The zero-order valence-corrected chi connectivity index (χ0v) is 11.6. The lowest BCUT2D eigenvalue weighted by Crippen LogP contribution is -2.20. The van der Waals surface area contributed by atoms with Crippen molar-refractivity contribution in [2.75, 3.05) is 14.2 Å². The molecule has 1 N–H and O–H groups in total. The van der Waals surface area contributed by atoms with E-state index in [1.54, 1.807) is 13.3 Å². The average molecular weight is 257 g/mol. The summed E-state index contributed by atoms with van der Waals surface area (Å²) in [5, 5.41) is 3.28. The second kappa shape index (κ2) is 6.29. The molecule has 1 aromatic heterocycles. The molecule has 1 atom stereocenters. The lowest BCUT2D eigenvalue weighted by Gasteiger charge is -2.16. The van der Waals surface area contributed by atoms with Crippen LogP contribution in [-0.2, 0) is 6.42 Å². The van der Waals surface area contributed by atoms with E-state index in [1.165, 1.54) is 5.56 Å². The molecular weight excluding hydrogens is 238 g/mol. The van der Waals surface area contributed by atoms with Gasteiger partial charge >= 0.3 is 0 Å². The van der Waals surface area contributed by atoms with E-state index in [1.807, 2.05) is 38.4 Å². The summed E-state index contributed by atoms with van der Waals surface area (Å²) in [7, 11) is 3.62. The lowest BCUT2D eigenvalue weighted by atomic mass is 10.0. The van der Waals surface area contributed by atoms with E-state index in [4.69, 9.17) is 4.74 Å². The molecule has 1 heterocycles. The molecule has 0 spiro atoms. The summed E-state index contributed by atoms with van der Waals surface area (Å²) in [6.45, 7) is 1.94. The Hall–Kier alpha value is -1.94. The fourth-order valence-electron chi connectivity index (χ4n) is 1.97. The van der Waals surface area contributed by atoms with Gasteiger partial charge in [0.2, 0.25) is 0 Å². The molecule has 0 radical (unpaired) electrons. The molecule has 0 saturated carbocycles. The van der Waals surface area contributed by atoms with Crippen molar-refractivity contribution in [2.45, 2.75) is 19.4 Å². The molecule has 19 heavy (non-hydrogen) atoms. The number of hydrogen-bond donors (Lipinski definition) is 1. The van der Waals surface area contributed by atoms with Crippen LogP contribution >= 0.6 is 0 Å². The van der Waals surface area contributed by atoms with Crippen LogP contribution in [0.1, 0.15) is 23.0 Å². The first kappa shape index (κ1) is 13.5. The van der Waals surface area contributed by atoms with Crippen molar-refractivity contribution in [1.29, 1.82) is 0 Å². The van der Waals surface area contributed by atoms with Crippen molar-refractivity contribution in [3.63, 3.8) is 0 Å². The van der Waals surface area contributed by atoms with Crippen LogP contribution in [-0.4, -0.2) is 24.1 Å². The van der Waals surface area contributed by atoms with E-state index in [0.29, 0.717) is 0 Å². The molecule has 0 fully saturated rings. The van der Waals surface area contributed by atoms with Crippen molar-refractivity contribution in [3.8, 4) is 5.75 Å². The minimum Gasteiger partial charge on any atom is -0.497 e. The zero-order valence-electron chi connectivity index (χ0n) is 11.6. The van der Waals surface area contributed by atoms with Crippen LogP contribution in [0.5, 0.6) is 5.75 Å².